The van der Waals surface area contributed by atoms with Crippen molar-refractivity contribution >= 4 is 10.8 Å². The Balaban J connectivity index is 1.43. The van der Waals surface area contributed by atoms with Crippen LogP contribution < -0.4 is 4.74 Å². The molecular weight excluding hydrogens is 324 g/mol. The molecule has 0 saturated carbocycles. The van der Waals surface area contributed by atoms with E-state index in [0.29, 0.717) is 0 Å². The topological polar surface area (TPSA) is 24.9 Å². The van der Waals surface area contributed by atoms with E-state index >= 15 is 0 Å². The van der Waals surface area contributed by atoms with E-state index in [4.69, 9.17) is 9.47 Å². The van der Waals surface area contributed by atoms with Gasteiger partial charge in [0.05, 0.1) is 19.8 Å². The number of benzene rings is 2. The van der Waals surface area contributed by atoms with Crippen LogP contribution in [0.1, 0.15) is 24.5 Å². The molecule has 4 rings (SSSR count). The lowest BCUT2D eigenvalue weighted by Crippen LogP contribution is -2.43. The van der Waals surface area contributed by atoms with E-state index in [1.54, 1.807) is 7.11 Å². The fourth-order valence-corrected chi connectivity index (χ4v) is 4.25. The lowest BCUT2D eigenvalue weighted by Gasteiger charge is -2.37. The van der Waals surface area contributed by atoms with Gasteiger partial charge < -0.3 is 14.4 Å². The number of hydrogen-bond donors (Lipinski definition) is 0. The Bertz CT molecular complexity index is 740. The molecule has 1 atom stereocenters. The minimum atomic E-state index is 0.182. The number of methoxy groups -OCH3 is 1. The first-order valence-corrected chi connectivity index (χ1v) is 9.81. The third kappa shape index (κ3) is 4.03. The van der Waals surface area contributed by atoms with E-state index in [-0.39, 0.29) is 6.10 Å². The zero-order chi connectivity index (χ0) is 17.9. The highest BCUT2D eigenvalue weighted by Gasteiger charge is 2.25. The van der Waals surface area contributed by atoms with Crippen LogP contribution in [0.3, 0.4) is 0 Å². The van der Waals surface area contributed by atoms with Gasteiger partial charge in [0.25, 0.3) is 0 Å². The molecule has 26 heavy (non-hydrogen) atoms. The minimum Gasteiger partial charge on any atom is -0.497 e. The van der Waals surface area contributed by atoms with Crippen molar-refractivity contribution in [2.75, 3.05) is 53.5 Å². The van der Waals surface area contributed by atoms with E-state index in [1.807, 2.05) is 6.07 Å². The SMILES string of the molecule is COc1ccc2cc(C3CN(CC4CCN(C)CC4)CCO3)ccc2c1. The summed E-state index contributed by atoms with van der Waals surface area (Å²) in [5, 5.41) is 2.46. The highest BCUT2D eigenvalue weighted by molar-refractivity contribution is 5.84. The molecule has 4 nitrogen and oxygen atoms in total. The molecule has 0 aromatic heterocycles. The van der Waals surface area contributed by atoms with Crippen molar-refractivity contribution in [3.63, 3.8) is 0 Å². The molecule has 4 heteroatoms. The van der Waals surface area contributed by atoms with Gasteiger partial charge in [0.2, 0.25) is 0 Å². The van der Waals surface area contributed by atoms with Crippen LogP contribution in [0.15, 0.2) is 36.4 Å². The number of fused-ring (bicyclic) bond motifs is 1. The summed E-state index contributed by atoms with van der Waals surface area (Å²) in [5.41, 5.74) is 1.29. The van der Waals surface area contributed by atoms with Crippen LogP contribution in [0.2, 0.25) is 0 Å². The Kier molecular flexibility index (Phi) is 5.44. The Morgan fingerprint density at radius 2 is 1.81 bits per heavy atom. The first-order valence-electron chi connectivity index (χ1n) is 9.81. The quantitative estimate of drug-likeness (QED) is 0.838. The van der Waals surface area contributed by atoms with Gasteiger partial charge in [0, 0.05) is 19.6 Å². The van der Waals surface area contributed by atoms with Gasteiger partial charge in [0.15, 0.2) is 0 Å². The maximum absolute atomic E-state index is 6.12. The van der Waals surface area contributed by atoms with Crippen molar-refractivity contribution in [3.8, 4) is 5.75 Å². The fourth-order valence-electron chi connectivity index (χ4n) is 4.25. The second kappa shape index (κ2) is 7.95. The summed E-state index contributed by atoms with van der Waals surface area (Å²) in [6.45, 7) is 6.61. The molecule has 0 amide bonds. The van der Waals surface area contributed by atoms with Crippen LogP contribution >= 0.6 is 0 Å². The van der Waals surface area contributed by atoms with Gasteiger partial charge in [-0.15, -0.1) is 0 Å². The molecule has 2 aromatic carbocycles. The molecule has 1 unspecified atom stereocenters. The van der Waals surface area contributed by atoms with E-state index in [0.717, 1.165) is 31.4 Å². The number of piperidine rings is 1. The normalized spacial score (nSPS) is 23.4. The monoisotopic (exact) mass is 354 g/mol. The van der Waals surface area contributed by atoms with Crippen LogP contribution in [-0.2, 0) is 4.74 Å². The molecule has 140 valence electrons. The lowest BCUT2D eigenvalue weighted by atomic mass is 9.95. The second-order valence-corrected chi connectivity index (χ2v) is 7.84. The lowest BCUT2D eigenvalue weighted by molar-refractivity contribution is -0.0368. The van der Waals surface area contributed by atoms with Crippen LogP contribution in [0.4, 0.5) is 0 Å². The molecule has 0 N–H and O–H groups in total. The van der Waals surface area contributed by atoms with Gasteiger partial charge in [0.1, 0.15) is 5.75 Å². The molecule has 0 aliphatic carbocycles. The summed E-state index contributed by atoms with van der Waals surface area (Å²) in [6, 6.07) is 12.9. The third-order valence-electron chi connectivity index (χ3n) is 5.95. The van der Waals surface area contributed by atoms with Crippen LogP contribution in [-0.4, -0.2) is 63.3 Å². The van der Waals surface area contributed by atoms with Gasteiger partial charge in [-0.25, -0.2) is 0 Å². The number of nitrogens with zero attached hydrogens (tertiary/aromatic N) is 2. The maximum atomic E-state index is 6.12. The molecule has 2 aliphatic heterocycles. The number of hydrogen-bond acceptors (Lipinski definition) is 4. The Morgan fingerprint density at radius 3 is 2.62 bits per heavy atom. The first kappa shape index (κ1) is 17.8. The molecule has 2 saturated heterocycles. The summed E-state index contributed by atoms with van der Waals surface area (Å²) < 4.78 is 11.4. The van der Waals surface area contributed by atoms with E-state index in [9.17, 15) is 0 Å². The van der Waals surface area contributed by atoms with Gasteiger partial charge in [-0.3, -0.25) is 4.90 Å². The van der Waals surface area contributed by atoms with Crippen molar-refractivity contribution < 1.29 is 9.47 Å². The van der Waals surface area contributed by atoms with Crippen LogP contribution in [0, 0.1) is 5.92 Å². The van der Waals surface area contributed by atoms with Crippen molar-refractivity contribution in [3.05, 3.63) is 42.0 Å². The number of ether oxygens (including phenoxy) is 2. The summed E-state index contributed by atoms with van der Waals surface area (Å²) in [7, 11) is 3.95. The van der Waals surface area contributed by atoms with Gasteiger partial charge in [-0.2, -0.15) is 0 Å². The zero-order valence-corrected chi connectivity index (χ0v) is 16.0. The molecule has 2 heterocycles. The average Bonchev–Trinajstić information content (AvgIpc) is 2.69. The van der Waals surface area contributed by atoms with Gasteiger partial charge in [-0.05, 0) is 73.4 Å². The summed E-state index contributed by atoms with van der Waals surface area (Å²) >= 11 is 0. The summed E-state index contributed by atoms with van der Waals surface area (Å²) in [5.74, 6) is 1.75. The first-order chi connectivity index (χ1) is 12.7. The standard InChI is InChI=1S/C22H30N2O2/c1-23-9-7-17(8-10-23)15-24-11-12-26-22(16-24)20-4-3-19-14-21(25-2)6-5-18(19)13-20/h3-6,13-14,17,22H,7-12,15-16H2,1-2H3. The largest absolute Gasteiger partial charge is 0.497 e. The Hall–Kier alpha value is -1.62. The Labute approximate surface area is 156 Å². The predicted molar refractivity (Wildman–Crippen MR) is 106 cm³/mol. The second-order valence-electron chi connectivity index (χ2n) is 7.84. The zero-order valence-electron chi connectivity index (χ0n) is 16.0. The highest BCUT2D eigenvalue weighted by atomic mass is 16.5. The van der Waals surface area contributed by atoms with E-state index in [1.165, 1.54) is 48.8 Å². The fraction of sp³-hybridized carbons (Fsp3) is 0.545. The third-order valence-corrected chi connectivity index (χ3v) is 5.95. The molecule has 0 bridgehead atoms. The van der Waals surface area contributed by atoms with Crippen molar-refractivity contribution in [2.24, 2.45) is 5.92 Å². The van der Waals surface area contributed by atoms with Crippen LogP contribution in [0.5, 0.6) is 5.75 Å². The molecule has 2 aliphatic rings. The van der Waals surface area contributed by atoms with Crippen molar-refractivity contribution in [2.45, 2.75) is 18.9 Å². The summed E-state index contributed by atoms with van der Waals surface area (Å²) in [6.07, 6.45) is 2.84. The molecular formula is C22H30N2O2. The molecule has 2 fully saturated rings. The number of rotatable bonds is 4. The van der Waals surface area contributed by atoms with E-state index < -0.39 is 0 Å². The summed E-state index contributed by atoms with van der Waals surface area (Å²) in [4.78, 5) is 5.06. The molecule has 2 aromatic rings. The molecule has 0 radical (unpaired) electrons. The predicted octanol–water partition coefficient (Wildman–Crippen LogP) is 3.56. The van der Waals surface area contributed by atoms with Crippen molar-refractivity contribution in [1.29, 1.82) is 0 Å². The smallest absolute Gasteiger partial charge is 0.119 e. The van der Waals surface area contributed by atoms with E-state index in [2.05, 4.69) is 47.2 Å². The number of morpholine rings is 1. The molecule has 0 spiro atoms. The Morgan fingerprint density at radius 1 is 1.04 bits per heavy atom. The minimum absolute atomic E-state index is 0.182. The highest BCUT2D eigenvalue weighted by Crippen LogP contribution is 2.28. The van der Waals surface area contributed by atoms with Crippen molar-refractivity contribution in [1.82, 2.24) is 9.80 Å². The van der Waals surface area contributed by atoms with Gasteiger partial charge >= 0.3 is 0 Å². The average molecular weight is 354 g/mol. The maximum Gasteiger partial charge on any atom is 0.119 e. The van der Waals surface area contributed by atoms with Gasteiger partial charge in [-0.1, -0.05) is 18.2 Å². The van der Waals surface area contributed by atoms with Crippen LogP contribution in [0.25, 0.3) is 10.8 Å². The number of likely N-dealkylation sites (tertiary alicyclic amines) is 1.